The van der Waals surface area contributed by atoms with E-state index < -0.39 is 5.60 Å². The molecule has 206 valence electrons. The predicted octanol–water partition coefficient (Wildman–Crippen LogP) is 3.95. The first kappa shape index (κ1) is 26.7. The first-order chi connectivity index (χ1) is 19.0. The topological polar surface area (TPSA) is 97.0 Å². The van der Waals surface area contributed by atoms with Gasteiger partial charge < -0.3 is 24.0 Å². The van der Waals surface area contributed by atoms with Gasteiger partial charge in [0.1, 0.15) is 23.8 Å². The number of amides is 2. The van der Waals surface area contributed by atoms with E-state index >= 15 is 0 Å². The first-order valence-corrected chi connectivity index (χ1v) is 13.7. The highest BCUT2D eigenvalue weighted by molar-refractivity contribution is 5.94. The third-order valence-corrected chi connectivity index (χ3v) is 7.41. The van der Waals surface area contributed by atoms with Crippen LogP contribution >= 0.6 is 0 Å². The molecule has 1 unspecified atom stereocenters. The smallest absolute Gasteiger partial charge is 0.272 e. The Morgan fingerprint density at radius 1 is 1.10 bits per heavy atom. The van der Waals surface area contributed by atoms with Crippen LogP contribution in [0.5, 0.6) is 11.5 Å². The van der Waals surface area contributed by atoms with Crippen molar-refractivity contribution < 1.29 is 23.8 Å². The quantitative estimate of drug-likeness (QED) is 0.547. The van der Waals surface area contributed by atoms with E-state index in [9.17, 15) is 9.59 Å². The number of morpholine rings is 1. The van der Waals surface area contributed by atoms with Crippen LogP contribution in [0.25, 0.3) is 11.3 Å². The highest BCUT2D eigenvalue weighted by Crippen LogP contribution is 2.30. The largest absolute Gasteiger partial charge is 0.494 e. The molecule has 0 radical (unpaired) electrons. The third-order valence-electron chi connectivity index (χ3n) is 7.41. The lowest BCUT2D eigenvalue weighted by Gasteiger charge is -2.43. The second-order valence-corrected chi connectivity index (χ2v) is 10.1. The van der Waals surface area contributed by atoms with Crippen molar-refractivity contribution >= 4 is 11.8 Å². The number of fused-ring (bicyclic) bond motifs is 1. The van der Waals surface area contributed by atoms with Crippen LogP contribution in [0.1, 0.15) is 42.2 Å². The molecule has 39 heavy (non-hydrogen) atoms. The van der Waals surface area contributed by atoms with E-state index in [1.807, 2.05) is 49.4 Å². The summed E-state index contributed by atoms with van der Waals surface area (Å²) in [5, 5.41) is 7.26. The Morgan fingerprint density at radius 2 is 1.92 bits per heavy atom. The minimum Gasteiger partial charge on any atom is -0.494 e. The molecule has 1 saturated heterocycles. The predicted molar refractivity (Wildman–Crippen MR) is 147 cm³/mol. The Bertz CT molecular complexity index is 1290. The van der Waals surface area contributed by atoms with Crippen molar-refractivity contribution in [2.75, 3.05) is 46.5 Å². The fraction of sp³-hybridized carbons (Fsp3) is 0.433. The van der Waals surface area contributed by atoms with Crippen LogP contribution in [0.2, 0.25) is 0 Å². The molecule has 2 aliphatic rings. The van der Waals surface area contributed by atoms with Crippen molar-refractivity contribution in [1.82, 2.24) is 20.0 Å². The SMILES string of the molecule is CCOc1ccc(-c2cc(C(=O)N3CCOC4(CCCCc5ccccc5OCCN(C)C4=O)C3)[nH]n2)cc1. The van der Waals surface area contributed by atoms with Gasteiger partial charge in [0.05, 0.1) is 32.0 Å². The monoisotopic (exact) mass is 532 g/mol. The number of hydrogen-bond acceptors (Lipinski definition) is 6. The summed E-state index contributed by atoms with van der Waals surface area (Å²) < 4.78 is 17.7. The van der Waals surface area contributed by atoms with Crippen molar-refractivity contribution in [3.8, 4) is 22.8 Å². The lowest BCUT2D eigenvalue weighted by Crippen LogP contribution is -2.61. The number of hydrogen-bond donors (Lipinski definition) is 1. The normalized spacial score (nSPS) is 20.5. The summed E-state index contributed by atoms with van der Waals surface area (Å²) in [6.45, 7) is 4.26. The Hall–Kier alpha value is -3.85. The minimum atomic E-state index is -1.08. The van der Waals surface area contributed by atoms with Crippen LogP contribution in [0.3, 0.4) is 0 Å². The van der Waals surface area contributed by atoms with Gasteiger partial charge in [0, 0.05) is 19.2 Å². The molecule has 0 bridgehead atoms. The zero-order valence-electron chi connectivity index (χ0n) is 22.7. The zero-order chi connectivity index (χ0) is 27.2. The number of benzene rings is 2. The molecule has 2 aliphatic heterocycles. The number of rotatable bonds is 4. The van der Waals surface area contributed by atoms with E-state index in [1.165, 1.54) is 5.56 Å². The number of aromatic amines is 1. The van der Waals surface area contributed by atoms with Crippen LogP contribution in [0.4, 0.5) is 0 Å². The van der Waals surface area contributed by atoms with Crippen LogP contribution in [-0.4, -0.2) is 83.9 Å². The molecule has 1 aromatic heterocycles. The Kier molecular flexibility index (Phi) is 8.16. The van der Waals surface area contributed by atoms with E-state index in [2.05, 4.69) is 16.3 Å². The molecule has 1 N–H and O–H groups in total. The van der Waals surface area contributed by atoms with E-state index in [4.69, 9.17) is 14.2 Å². The van der Waals surface area contributed by atoms with E-state index in [0.717, 1.165) is 36.3 Å². The van der Waals surface area contributed by atoms with Gasteiger partial charge in [0.2, 0.25) is 0 Å². The summed E-state index contributed by atoms with van der Waals surface area (Å²) in [6, 6.07) is 17.4. The molecule has 1 fully saturated rings. The maximum Gasteiger partial charge on any atom is 0.272 e. The Morgan fingerprint density at radius 3 is 2.74 bits per heavy atom. The first-order valence-electron chi connectivity index (χ1n) is 13.7. The maximum absolute atomic E-state index is 13.7. The highest BCUT2D eigenvalue weighted by Gasteiger charge is 2.46. The molecule has 2 amide bonds. The van der Waals surface area contributed by atoms with Crippen LogP contribution in [-0.2, 0) is 16.0 Å². The zero-order valence-corrected chi connectivity index (χ0v) is 22.7. The lowest BCUT2D eigenvalue weighted by molar-refractivity contribution is -0.169. The number of aryl methyl sites for hydroxylation is 1. The average molecular weight is 533 g/mol. The van der Waals surface area contributed by atoms with E-state index in [-0.39, 0.29) is 18.4 Å². The van der Waals surface area contributed by atoms with Crippen LogP contribution < -0.4 is 9.47 Å². The molecule has 3 aromatic rings. The number of carbonyl (C=O) groups is 2. The van der Waals surface area contributed by atoms with Gasteiger partial charge >= 0.3 is 0 Å². The molecule has 0 saturated carbocycles. The summed E-state index contributed by atoms with van der Waals surface area (Å²) in [5.74, 6) is 1.36. The number of ether oxygens (including phenoxy) is 3. The third kappa shape index (κ3) is 5.93. The van der Waals surface area contributed by atoms with Gasteiger partial charge in [-0.05, 0) is 74.6 Å². The van der Waals surface area contributed by atoms with Crippen molar-refractivity contribution in [3.63, 3.8) is 0 Å². The van der Waals surface area contributed by atoms with Crippen LogP contribution in [0, 0.1) is 0 Å². The number of H-pyrrole nitrogens is 1. The van der Waals surface area contributed by atoms with Crippen molar-refractivity contribution in [3.05, 3.63) is 65.9 Å². The number of nitrogens with zero attached hydrogens (tertiary/aromatic N) is 3. The molecule has 9 heteroatoms. The second-order valence-electron chi connectivity index (χ2n) is 10.1. The molecular weight excluding hydrogens is 496 g/mol. The number of carbonyl (C=O) groups excluding carboxylic acids is 2. The lowest BCUT2D eigenvalue weighted by atomic mass is 9.91. The van der Waals surface area contributed by atoms with Crippen molar-refractivity contribution in [2.45, 2.75) is 38.2 Å². The fourth-order valence-corrected chi connectivity index (χ4v) is 5.30. The molecule has 3 heterocycles. The van der Waals surface area contributed by atoms with Gasteiger partial charge in [-0.25, -0.2) is 0 Å². The second kappa shape index (κ2) is 11.9. The molecule has 0 aliphatic carbocycles. The molecule has 5 rings (SSSR count). The summed E-state index contributed by atoms with van der Waals surface area (Å²) in [4.78, 5) is 30.7. The maximum atomic E-state index is 13.7. The minimum absolute atomic E-state index is 0.114. The van der Waals surface area contributed by atoms with Crippen molar-refractivity contribution in [2.24, 2.45) is 0 Å². The molecule has 1 spiro atoms. The summed E-state index contributed by atoms with van der Waals surface area (Å²) in [5.41, 5.74) is 2.03. The van der Waals surface area contributed by atoms with Gasteiger partial charge in [0.25, 0.3) is 11.8 Å². The summed E-state index contributed by atoms with van der Waals surface area (Å²) >= 11 is 0. The average Bonchev–Trinajstić information content (AvgIpc) is 3.46. The van der Waals surface area contributed by atoms with Crippen molar-refractivity contribution in [1.29, 1.82) is 0 Å². The van der Waals surface area contributed by atoms with Gasteiger partial charge in [-0.3, -0.25) is 14.7 Å². The van der Waals surface area contributed by atoms with E-state index in [0.29, 0.717) is 50.7 Å². The van der Waals surface area contributed by atoms with Gasteiger partial charge in [-0.2, -0.15) is 5.10 Å². The number of aromatic nitrogens is 2. The Balaban J connectivity index is 1.31. The van der Waals surface area contributed by atoms with Gasteiger partial charge in [0.15, 0.2) is 5.60 Å². The molecule has 1 atom stereocenters. The highest BCUT2D eigenvalue weighted by atomic mass is 16.5. The van der Waals surface area contributed by atoms with Crippen LogP contribution in [0.15, 0.2) is 54.6 Å². The van der Waals surface area contributed by atoms with E-state index in [1.54, 1.807) is 22.9 Å². The summed E-state index contributed by atoms with van der Waals surface area (Å²) in [7, 11) is 1.77. The molecular formula is C30H36N4O5. The molecule has 2 aromatic carbocycles. The Labute approximate surface area is 229 Å². The number of para-hydroxylation sites is 1. The fourth-order valence-electron chi connectivity index (χ4n) is 5.30. The number of nitrogens with one attached hydrogen (secondary N) is 1. The van der Waals surface area contributed by atoms with Gasteiger partial charge in [-0.15, -0.1) is 0 Å². The molecule has 9 nitrogen and oxygen atoms in total. The van der Waals surface area contributed by atoms with Gasteiger partial charge in [-0.1, -0.05) is 18.2 Å². The standard InChI is InChI=1S/C30H36N4O5/c1-3-37-24-13-11-22(12-14-24)25-20-26(32-31-25)28(35)34-17-19-39-30(21-34)15-7-6-9-23-8-4-5-10-27(23)38-18-16-33(2)29(30)36/h4-5,8,10-14,20H,3,6-7,9,15-19,21H2,1-2H3,(H,31,32). The number of likely N-dealkylation sites (N-methyl/N-ethyl adjacent to an activating group) is 1. The summed E-state index contributed by atoms with van der Waals surface area (Å²) in [6.07, 6.45) is 3.09.